The molecule has 1 aromatic carbocycles. The number of imide groups is 1. The highest BCUT2D eigenvalue weighted by atomic mass is 16.2. The van der Waals surface area contributed by atoms with Crippen molar-refractivity contribution in [2.24, 2.45) is 0 Å². The first-order valence-corrected chi connectivity index (χ1v) is 6.58. The van der Waals surface area contributed by atoms with E-state index >= 15 is 0 Å². The summed E-state index contributed by atoms with van der Waals surface area (Å²) in [6, 6.07) is 9.80. The van der Waals surface area contributed by atoms with Gasteiger partial charge in [-0.05, 0) is 24.9 Å². The van der Waals surface area contributed by atoms with E-state index in [-0.39, 0.29) is 11.9 Å². The molecule has 1 atom stereocenters. The molecule has 5 nitrogen and oxygen atoms in total. The molecule has 19 heavy (non-hydrogen) atoms. The summed E-state index contributed by atoms with van der Waals surface area (Å²) in [7, 11) is 0. The Bertz CT molecular complexity index is 503. The van der Waals surface area contributed by atoms with Crippen LogP contribution in [0.3, 0.4) is 0 Å². The van der Waals surface area contributed by atoms with Crippen LogP contribution in [-0.2, 0) is 11.3 Å². The van der Waals surface area contributed by atoms with Gasteiger partial charge in [0, 0.05) is 13.1 Å². The Balaban J connectivity index is 1.72. The van der Waals surface area contributed by atoms with Gasteiger partial charge in [-0.25, -0.2) is 4.79 Å². The minimum Gasteiger partial charge on any atom is -0.322 e. The van der Waals surface area contributed by atoms with Gasteiger partial charge in [-0.3, -0.25) is 15.0 Å². The molecule has 1 unspecified atom stereocenters. The van der Waals surface area contributed by atoms with Gasteiger partial charge in [-0.2, -0.15) is 0 Å². The number of nitrogens with one attached hydrogen (secondary N) is 2. The summed E-state index contributed by atoms with van der Waals surface area (Å²) in [5, 5.41) is 5.14. The minimum absolute atomic E-state index is 0.185. The predicted octanol–water partition coefficient (Wildman–Crippen LogP) is 0.861. The lowest BCUT2D eigenvalue weighted by molar-refractivity contribution is -0.126. The van der Waals surface area contributed by atoms with Crippen molar-refractivity contribution >= 4 is 11.9 Å². The van der Waals surface area contributed by atoms with Gasteiger partial charge in [0.25, 0.3) is 5.91 Å². The zero-order chi connectivity index (χ0) is 13.3. The van der Waals surface area contributed by atoms with Crippen LogP contribution < -0.4 is 10.6 Å². The number of carbonyl (C=O) groups excluding carboxylic acids is 2. The van der Waals surface area contributed by atoms with Crippen LogP contribution in [0.1, 0.15) is 18.4 Å². The highest BCUT2D eigenvalue weighted by molar-refractivity contribution is 6.07. The zero-order valence-corrected chi connectivity index (χ0v) is 10.7. The standard InChI is InChI=1S/C14H17N3O2/c18-12-14(16-13(19)15-12)7-4-8-17(10-14)9-11-5-2-1-3-6-11/h1-3,5-6H,4,7-10H2,(H2,15,16,18,19). The van der Waals surface area contributed by atoms with Crippen molar-refractivity contribution in [3.8, 4) is 0 Å². The van der Waals surface area contributed by atoms with Gasteiger partial charge in [-0.1, -0.05) is 30.3 Å². The molecule has 2 saturated heterocycles. The van der Waals surface area contributed by atoms with E-state index in [4.69, 9.17) is 0 Å². The highest BCUT2D eigenvalue weighted by Crippen LogP contribution is 2.25. The molecule has 2 fully saturated rings. The molecule has 1 aromatic rings. The number of carbonyl (C=O) groups is 2. The molecule has 100 valence electrons. The van der Waals surface area contributed by atoms with Crippen molar-refractivity contribution in [1.29, 1.82) is 0 Å². The number of rotatable bonds is 2. The van der Waals surface area contributed by atoms with E-state index in [1.54, 1.807) is 0 Å². The van der Waals surface area contributed by atoms with Crippen LogP contribution in [0, 0.1) is 0 Å². The predicted molar refractivity (Wildman–Crippen MR) is 70.4 cm³/mol. The van der Waals surface area contributed by atoms with Gasteiger partial charge in [0.05, 0.1) is 0 Å². The van der Waals surface area contributed by atoms with Crippen LogP contribution in [0.4, 0.5) is 4.79 Å². The fraction of sp³-hybridized carbons (Fsp3) is 0.429. The van der Waals surface area contributed by atoms with E-state index < -0.39 is 5.54 Å². The molecule has 2 N–H and O–H groups in total. The van der Waals surface area contributed by atoms with Gasteiger partial charge in [0.1, 0.15) is 5.54 Å². The van der Waals surface area contributed by atoms with E-state index in [9.17, 15) is 9.59 Å². The van der Waals surface area contributed by atoms with E-state index in [0.29, 0.717) is 6.54 Å². The first-order valence-electron chi connectivity index (χ1n) is 6.58. The molecule has 0 bridgehead atoms. The Morgan fingerprint density at radius 1 is 1.21 bits per heavy atom. The van der Waals surface area contributed by atoms with Gasteiger partial charge >= 0.3 is 6.03 Å². The molecule has 0 aromatic heterocycles. The molecular formula is C14H17N3O2. The number of amides is 3. The van der Waals surface area contributed by atoms with Crippen LogP contribution in [0.2, 0.25) is 0 Å². The lowest BCUT2D eigenvalue weighted by Crippen LogP contribution is -2.58. The van der Waals surface area contributed by atoms with Crippen molar-refractivity contribution in [1.82, 2.24) is 15.5 Å². The molecule has 1 spiro atoms. The fourth-order valence-electron chi connectivity index (χ4n) is 2.94. The van der Waals surface area contributed by atoms with Crippen molar-refractivity contribution < 1.29 is 9.59 Å². The van der Waals surface area contributed by atoms with Crippen molar-refractivity contribution in [3.63, 3.8) is 0 Å². The van der Waals surface area contributed by atoms with E-state index in [1.807, 2.05) is 18.2 Å². The van der Waals surface area contributed by atoms with Crippen LogP contribution in [0.15, 0.2) is 30.3 Å². The quantitative estimate of drug-likeness (QED) is 0.774. The second-order valence-corrected chi connectivity index (χ2v) is 5.29. The lowest BCUT2D eigenvalue weighted by Gasteiger charge is -2.38. The van der Waals surface area contributed by atoms with Crippen LogP contribution in [0.25, 0.3) is 0 Å². The number of piperidine rings is 1. The first-order chi connectivity index (χ1) is 9.18. The molecule has 0 saturated carbocycles. The van der Waals surface area contributed by atoms with Crippen LogP contribution >= 0.6 is 0 Å². The Morgan fingerprint density at radius 2 is 2.00 bits per heavy atom. The maximum atomic E-state index is 11.9. The van der Waals surface area contributed by atoms with Crippen LogP contribution in [0.5, 0.6) is 0 Å². The number of likely N-dealkylation sites (tertiary alicyclic amines) is 1. The Morgan fingerprint density at radius 3 is 2.68 bits per heavy atom. The third-order valence-corrected chi connectivity index (χ3v) is 3.83. The molecule has 3 rings (SSSR count). The van der Waals surface area contributed by atoms with Gasteiger partial charge in [0.2, 0.25) is 0 Å². The Hall–Kier alpha value is -1.88. The van der Waals surface area contributed by atoms with Gasteiger partial charge < -0.3 is 5.32 Å². The fourth-order valence-corrected chi connectivity index (χ4v) is 2.94. The second-order valence-electron chi connectivity index (χ2n) is 5.29. The van der Waals surface area contributed by atoms with Crippen molar-refractivity contribution in [2.45, 2.75) is 24.9 Å². The molecule has 0 aliphatic carbocycles. The van der Waals surface area contributed by atoms with Crippen molar-refractivity contribution in [2.75, 3.05) is 13.1 Å². The van der Waals surface area contributed by atoms with E-state index in [1.165, 1.54) is 5.56 Å². The highest BCUT2D eigenvalue weighted by Gasteiger charge is 2.48. The Labute approximate surface area is 112 Å². The van der Waals surface area contributed by atoms with Crippen LogP contribution in [-0.4, -0.2) is 35.5 Å². The molecule has 0 radical (unpaired) electrons. The topological polar surface area (TPSA) is 61.4 Å². The molecule has 2 heterocycles. The maximum Gasteiger partial charge on any atom is 0.322 e. The number of benzene rings is 1. The summed E-state index contributed by atoms with van der Waals surface area (Å²) in [6.45, 7) is 2.35. The minimum atomic E-state index is -0.718. The average molecular weight is 259 g/mol. The number of urea groups is 1. The monoisotopic (exact) mass is 259 g/mol. The summed E-state index contributed by atoms with van der Waals surface area (Å²) in [6.07, 6.45) is 1.64. The third-order valence-electron chi connectivity index (χ3n) is 3.83. The summed E-state index contributed by atoms with van der Waals surface area (Å²) < 4.78 is 0. The largest absolute Gasteiger partial charge is 0.322 e. The smallest absolute Gasteiger partial charge is 0.322 e. The molecule has 3 amide bonds. The molecule has 2 aliphatic heterocycles. The molecule has 2 aliphatic rings. The van der Waals surface area contributed by atoms with E-state index in [2.05, 4.69) is 27.7 Å². The number of hydrogen-bond donors (Lipinski definition) is 2. The average Bonchev–Trinajstić information content (AvgIpc) is 2.65. The van der Waals surface area contributed by atoms with Gasteiger partial charge in [0.15, 0.2) is 0 Å². The third kappa shape index (κ3) is 2.33. The Kier molecular flexibility index (Phi) is 2.98. The molecular weight excluding hydrogens is 242 g/mol. The number of nitrogens with zero attached hydrogens (tertiary/aromatic N) is 1. The first kappa shape index (κ1) is 12.2. The number of hydrogen-bond acceptors (Lipinski definition) is 3. The summed E-state index contributed by atoms with van der Waals surface area (Å²) >= 11 is 0. The van der Waals surface area contributed by atoms with Gasteiger partial charge in [-0.15, -0.1) is 0 Å². The van der Waals surface area contributed by atoms with Crippen molar-refractivity contribution in [3.05, 3.63) is 35.9 Å². The summed E-state index contributed by atoms with van der Waals surface area (Å²) in [5.74, 6) is -0.185. The zero-order valence-electron chi connectivity index (χ0n) is 10.7. The SMILES string of the molecule is O=C1NC(=O)C2(CCCN(Cc3ccccc3)C2)N1. The van der Waals surface area contributed by atoms with E-state index in [0.717, 1.165) is 25.9 Å². The summed E-state index contributed by atoms with van der Waals surface area (Å²) in [5.41, 5.74) is 0.508. The molecule has 5 heteroatoms. The second kappa shape index (κ2) is 4.66. The maximum absolute atomic E-state index is 11.9. The summed E-state index contributed by atoms with van der Waals surface area (Å²) in [4.78, 5) is 25.5. The normalized spacial score (nSPS) is 27.4. The lowest BCUT2D eigenvalue weighted by atomic mass is 9.89.